The van der Waals surface area contributed by atoms with E-state index in [-0.39, 0.29) is 6.42 Å². The third-order valence-electron chi connectivity index (χ3n) is 2.92. The van der Waals surface area contributed by atoms with Gasteiger partial charge in [0, 0.05) is 12.0 Å². The van der Waals surface area contributed by atoms with Crippen molar-refractivity contribution in [2.45, 2.75) is 26.2 Å². The topological polar surface area (TPSA) is 66.0 Å². The third-order valence-corrected chi connectivity index (χ3v) is 3.49. The molecule has 0 atom stereocenters. The zero-order valence-electron chi connectivity index (χ0n) is 10.6. The summed E-state index contributed by atoms with van der Waals surface area (Å²) in [6.07, 6.45) is 1.49. The summed E-state index contributed by atoms with van der Waals surface area (Å²) in [5.74, 6) is -0.134. The van der Waals surface area contributed by atoms with Crippen LogP contribution in [-0.2, 0) is 17.6 Å². The summed E-state index contributed by atoms with van der Waals surface area (Å²) in [6, 6.07) is 8.21. The number of aromatic amines is 1. The molecular formula is C14H15BrN2O2. The normalized spacial score (nSPS) is 10.6. The number of hydrogen-bond acceptors (Lipinski definition) is 2. The molecule has 0 aliphatic carbocycles. The number of halogens is 1. The van der Waals surface area contributed by atoms with E-state index in [0.717, 1.165) is 22.3 Å². The van der Waals surface area contributed by atoms with Crippen molar-refractivity contribution in [1.82, 2.24) is 9.97 Å². The Balaban J connectivity index is 2.21. The predicted octanol–water partition coefficient (Wildman–Crippen LogP) is 3.42. The number of hydrogen-bond donors (Lipinski definition) is 2. The van der Waals surface area contributed by atoms with Crippen molar-refractivity contribution in [3.63, 3.8) is 0 Å². The minimum absolute atomic E-state index is 0.0775. The van der Waals surface area contributed by atoms with Crippen LogP contribution in [0.3, 0.4) is 0 Å². The van der Waals surface area contributed by atoms with Crippen molar-refractivity contribution in [3.8, 4) is 11.3 Å². The van der Waals surface area contributed by atoms with Gasteiger partial charge in [-0.3, -0.25) is 4.79 Å². The molecular weight excluding hydrogens is 308 g/mol. The van der Waals surface area contributed by atoms with Crippen LogP contribution in [0.2, 0.25) is 0 Å². The van der Waals surface area contributed by atoms with Gasteiger partial charge in [-0.25, -0.2) is 4.98 Å². The number of imidazole rings is 1. The Morgan fingerprint density at radius 2 is 2.05 bits per heavy atom. The number of aliphatic carboxylic acids is 1. The van der Waals surface area contributed by atoms with Gasteiger partial charge in [0.05, 0.1) is 6.42 Å². The van der Waals surface area contributed by atoms with E-state index in [0.29, 0.717) is 12.2 Å². The van der Waals surface area contributed by atoms with Crippen molar-refractivity contribution >= 4 is 21.9 Å². The molecule has 1 aromatic carbocycles. The molecule has 19 heavy (non-hydrogen) atoms. The fourth-order valence-corrected chi connectivity index (χ4v) is 2.38. The van der Waals surface area contributed by atoms with Gasteiger partial charge in [-0.2, -0.15) is 0 Å². The van der Waals surface area contributed by atoms with Gasteiger partial charge in [0.1, 0.15) is 16.1 Å². The van der Waals surface area contributed by atoms with E-state index in [2.05, 4.69) is 45.0 Å². The number of nitrogens with one attached hydrogen (secondary N) is 1. The zero-order valence-corrected chi connectivity index (χ0v) is 12.2. The monoisotopic (exact) mass is 322 g/mol. The summed E-state index contributed by atoms with van der Waals surface area (Å²) in [6.45, 7) is 2.11. The summed E-state index contributed by atoms with van der Waals surface area (Å²) in [7, 11) is 0. The van der Waals surface area contributed by atoms with Gasteiger partial charge >= 0.3 is 5.97 Å². The average Bonchev–Trinajstić information content (AvgIpc) is 2.78. The minimum Gasteiger partial charge on any atom is -0.481 e. The second-order valence-corrected chi connectivity index (χ2v) is 5.08. The molecule has 2 N–H and O–H groups in total. The van der Waals surface area contributed by atoms with Crippen molar-refractivity contribution in [1.29, 1.82) is 0 Å². The molecule has 0 aliphatic rings. The van der Waals surface area contributed by atoms with E-state index >= 15 is 0 Å². The van der Waals surface area contributed by atoms with E-state index in [1.807, 2.05) is 12.1 Å². The van der Waals surface area contributed by atoms with Crippen LogP contribution in [0, 0.1) is 0 Å². The van der Waals surface area contributed by atoms with Crippen LogP contribution in [0.4, 0.5) is 0 Å². The highest BCUT2D eigenvalue weighted by atomic mass is 79.9. The van der Waals surface area contributed by atoms with Crippen LogP contribution in [0.25, 0.3) is 11.3 Å². The number of rotatable bonds is 5. The highest BCUT2D eigenvalue weighted by molar-refractivity contribution is 9.10. The molecule has 0 saturated carbocycles. The molecule has 0 spiro atoms. The minimum atomic E-state index is -0.818. The third kappa shape index (κ3) is 3.44. The Kier molecular flexibility index (Phi) is 4.37. The molecule has 2 aromatic rings. The zero-order chi connectivity index (χ0) is 13.8. The van der Waals surface area contributed by atoms with Gasteiger partial charge < -0.3 is 10.1 Å². The molecule has 100 valence electrons. The maximum absolute atomic E-state index is 10.6. The van der Waals surface area contributed by atoms with Crippen LogP contribution in [0.15, 0.2) is 28.9 Å². The standard InChI is InChI=1S/C14H15BrN2O2/c1-2-9-3-5-10(6-4-9)13-14(15)17-11(16-13)7-8-12(18)19/h3-6H,2,7-8H2,1H3,(H,16,17)(H,18,19). The van der Waals surface area contributed by atoms with E-state index in [9.17, 15) is 4.79 Å². The summed E-state index contributed by atoms with van der Waals surface area (Å²) in [5, 5.41) is 8.67. The molecule has 1 heterocycles. The number of benzene rings is 1. The summed E-state index contributed by atoms with van der Waals surface area (Å²) in [5.41, 5.74) is 3.12. The number of carbonyl (C=O) groups is 1. The molecule has 0 saturated heterocycles. The van der Waals surface area contributed by atoms with Gasteiger partial charge in [0.2, 0.25) is 0 Å². The largest absolute Gasteiger partial charge is 0.481 e. The SMILES string of the molecule is CCc1ccc(-c2nc(CCC(=O)O)[nH]c2Br)cc1. The fraction of sp³-hybridized carbons (Fsp3) is 0.286. The number of aryl methyl sites for hydroxylation is 2. The van der Waals surface area contributed by atoms with Crippen LogP contribution < -0.4 is 0 Å². The summed E-state index contributed by atoms with van der Waals surface area (Å²) >= 11 is 3.43. The van der Waals surface area contributed by atoms with Gasteiger partial charge in [-0.05, 0) is 27.9 Å². The molecule has 5 heteroatoms. The summed E-state index contributed by atoms with van der Waals surface area (Å²) in [4.78, 5) is 18.1. The average molecular weight is 323 g/mol. The number of nitrogens with zero attached hydrogens (tertiary/aromatic N) is 1. The number of aromatic nitrogens is 2. The van der Waals surface area contributed by atoms with Gasteiger partial charge in [-0.1, -0.05) is 31.2 Å². The Morgan fingerprint density at radius 1 is 1.37 bits per heavy atom. The fourth-order valence-electron chi connectivity index (χ4n) is 1.83. The Hall–Kier alpha value is -1.62. The van der Waals surface area contributed by atoms with Crippen LogP contribution >= 0.6 is 15.9 Å². The second kappa shape index (κ2) is 6.02. The lowest BCUT2D eigenvalue weighted by Gasteiger charge is -2.00. The number of carboxylic acid groups (broad SMARTS) is 1. The number of H-pyrrole nitrogens is 1. The molecule has 0 amide bonds. The van der Waals surface area contributed by atoms with Crippen molar-refractivity contribution in [3.05, 3.63) is 40.3 Å². The van der Waals surface area contributed by atoms with Crippen LogP contribution in [0.5, 0.6) is 0 Å². The smallest absolute Gasteiger partial charge is 0.303 e. The molecule has 0 aliphatic heterocycles. The second-order valence-electron chi connectivity index (χ2n) is 4.29. The highest BCUT2D eigenvalue weighted by Crippen LogP contribution is 2.26. The maximum Gasteiger partial charge on any atom is 0.303 e. The first kappa shape index (κ1) is 13.8. The molecule has 0 unspecified atom stereocenters. The van der Waals surface area contributed by atoms with Crippen molar-refractivity contribution in [2.75, 3.05) is 0 Å². The van der Waals surface area contributed by atoms with Crippen LogP contribution in [0.1, 0.15) is 24.7 Å². The Labute approximate surface area is 120 Å². The summed E-state index contributed by atoms with van der Waals surface area (Å²) < 4.78 is 0.789. The molecule has 0 fully saturated rings. The first-order chi connectivity index (χ1) is 9.10. The quantitative estimate of drug-likeness (QED) is 0.886. The van der Waals surface area contributed by atoms with Crippen molar-refractivity contribution in [2.24, 2.45) is 0 Å². The van der Waals surface area contributed by atoms with Gasteiger partial charge in [0.25, 0.3) is 0 Å². The van der Waals surface area contributed by atoms with Crippen molar-refractivity contribution < 1.29 is 9.90 Å². The van der Waals surface area contributed by atoms with E-state index < -0.39 is 5.97 Å². The molecule has 0 bridgehead atoms. The Morgan fingerprint density at radius 3 is 2.63 bits per heavy atom. The molecule has 2 rings (SSSR count). The lowest BCUT2D eigenvalue weighted by atomic mass is 10.1. The predicted molar refractivity (Wildman–Crippen MR) is 77.1 cm³/mol. The van der Waals surface area contributed by atoms with E-state index in [4.69, 9.17) is 5.11 Å². The maximum atomic E-state index is 10.6. The van der Waals surface area contributed by atoms with E-state index in [1.165, 1.54) is 5.56 Å². The molecule has 1 aromatic heterocycles. The first-order valence-electron chi connectivity index (χ1n) is 6.15. The first-order valence-corrected chi connectivity index (χ1v) is 6.95. The molecule has 4 nitrogen and oxygen atoms in total. The Bertz CT molecular complexity index is 576. The van der Waals surface area contributed by atoms with Gasteiger partial charge in [0.15, 0.2) is 0 Å². The van der Waals surface area contributed by atoms with Crippen LogP contribution in [-0.4, -0.2) is 21.0 Å². The van der Waals surface area contributed by atoms with Gasteiger partial charge in [-0.15, -0.1) is 0 Å². The highest BCUT2D eigenvalue weighted by Gasteiger charge is 2.11. The lowest BCUT2D eigenvalue weighted by Crippen LogP contribution is -1.98. The number of carboxylic acids is 1. The lowest BCUT2D eigenvalue weighted by molar-refractivity contribution is -0.137. The molecule has 0 radical (unpaired) electrons. The van der Waals surface area contributed by atoms with E-state index in [1.54, 1.807) is 0 Å².